The fraction of sp³-hybridized carbons (Fsp3) is 0.368. The fourth-order valence-electron chi connectivity index (χ4n) is 2.54. The van der Waals surface area contributed by atoms with E-state index in [9.17, 15) is 0 Å². The Labute approximate surface area is 128 Å². The molecule has 0 aromatic heterocycles. The van der Waals surface area contributed by atoms with Gasteiger partial charge in [-0.3, -0.25) is 0 Å². The summed E-state index contributed by atoms with van der Waals surface area (Å²) in [5.74, 6) is 0.903. The maximum Gasteiger partial charge on any atom is 0.118 e. The van der Waals surface area contributed by atoms with Crippen molar-refractivity contribution >= 4 is 0 Å². The zero-order valence-corrected chi connectivity index (χ0v) is 13.4. The van der Waals surface area contributed by atoms with Gasteiger partial charge in [0, 0.05) is 12.1 Å². The summed E-state index contributed by atoms with van der Waals surface area (Å²) < 4.78 is 5.22. The third-order valence-corrected chi connectivity index (χ3v) is 3.95. The lowest BCUT2D eigenvalue weighted by Gasteiger charge is -2.23. The van der Waals surface area contributed by atoms with E-state index < -0.39 is 0 Å². The van der Waals surface area contributed by atoms with Crippen molar-refractivity contribution < 1.29 is 4.74 Å². The Morgan fingerprint density at radius 3 is 2.05 bits per heavy atom. The summed E-state index contributed by atoms with van der Waals surface area (Å²) in [6.45, 7) is 6.55. The van der Waals surface area contributed by atoms with Gasteiger partial charge >= 0.3 is 0 Å². The van der Waals surface area contributed by atoms with Crippen molar-refractivity contribution in [3.63, 3.8) is 0 Å². The van der Waals surface area contributed by atoms with Gasteiger partial charge in [-0.25, -0.2) is 0 Å². The minimum absolute atomic E-state index is 0.331. The normalized spacial score (nSPS) is 13.7. The summed E-state index contributed by atoms with van der Waals surface area (Å²) in [6, 6.07) is 17.8. The zero-order valence-electron chi connectivity index (χ0n) is 13.4. The molecule has 0 saturated carbocycles. The summed E-state index contributed by atoms with van der Waals surface area (Å²) in [4.78, 5) is 0. The highest BCUT2D eigenvalue weighted by Crippen LogP contribution is 2.24. The van der Waals surface area contributed by atoms with Crippen LogP contribution in [0.4, 0.5) is 0 Å². The van der Waals surface area contributed by atoms with Crippen LogP contribution in [0.15, 0.2) is 48.5 Å². The third-order valence-electron chi connectivity index (χ3n) is 3.95. The predicted molar refractivity (Wildman–Crippen MR) is 88.8 cm³/mol. The largest absolute Gasteiger partial charge is 0.497 e. The Kier molecular flexibility index (Phi) is 5.40. The molecule has 2 rings (SSSR count). The van der Waals surface area contributed by atoms with Crippen LogP contribution in [0.1, 0.15) is 49.0 Å². The van der Waals surface area contributed by atoms with Crippen molar-refractivity contribution in [1.82, 2.24) is 5.32 Å². The van der Waals surface area contributed by atoms with Crippen molar-refractivity contribution in [3.05, 3.63) is 65.2 Å². The van der Waals surface area contributed by atoms with Crippen LogP contribution in [0.5, 0.6) is 5.75 Å². The zero-order chi connectivity index (χ0) is 15.2. The minimum Gasteiger partial charge on any atom is -0.497 e. The van der Waals surface area contributed by atoms with E-state index in [4.69, 9.17) is 4.74 Å². The number of hydrogen-bond acceptors (Lipinski definition) is 2. The van der Waals surface area contributed by atoms with E-state index >= 15 is 0 Å². The molecule has 0 spiro atoms. The third kappa shape index (κ3) is 4.08. The average molecular weight is 283 g/mol. The van der Waals surface area contributed by atoms with Gasteiger partial charge in [0.25, 0.3) is 0 Å². The van der Waals surface area contributed by atoms with Crippen LogP contribution < -0.4 is 10.1 Å². The average Bonchev–Trinajstić information content (AvgIpc) is 2.53. The Morgan fingerprint density at radius 2 is 1.52 bits per heavy atom. The Balaban J connectivity index is 2.08. The molecule has 0 bridgehead atoms. The molecular weight excluding hydrogens is 258 g/mol. The Hall–Kier alpha value is -1.80. The van der Waals surface area contributed by atoms with Gasteiger partial charge in [0.2, 0.25) is 0 Å². The van der Waals surface area contributed by atoms with Gasteiger partial charge in [-0.05, 0) is 43.5 Å². The Bertz CT molecular complexity index is 545. The molecule has 2 unspecified atom stereocenters. The van der Waals surface area contributed by atoms with Gasteiger partial charge in [-0.15, -0.1) is 0 Å². The summed E-state index contributed by atoms with van der Waals surface area (Å²) in [5, 5.41) is 3.72. The monoisotopic (exact) mass is 283 g/mol. The lowest BCUT2D eigenvalue weighted by atomic mass is 10.0. The molecule has 2 aromatic rings. The molecule has 2 aromatic carbocycles. The number of benzene rings is 2. The molecule has 0 saturated heterocycles. The van der Waals surface area contributed by atoms with Crippen molar-refractivity contribution in [1.29, 1.82) is 0 Å². The molecule has 21 heavy (non-hydrogen) atoms. The second-order valence-electron chi connectivity index (χ2n) is 5.53. The van der Waals surface area contributed by atoms with Crippen LogP contribution >= 0.6 is 0 Å². The maximum absolute atomic E-state index is 5.22. The summed E-state index contributed by atoms with van der Waals surface area (Å²) in [6.07, 6.45) is 1.06. The van der Waals surface area contributed by atoms with E-state index in [1.54, 1.807) is 7.11 Å². The maximum atomic E-state index is 5.22. The molecule has 0 aliphatic carbocycles. The molecule has 0 aliphatic rings. The van der Waals surface area contributed by atoms with Gasteiger partial charge in [-0.1, -0.05) is 48.9 Å². The van der Waals surface area contributed by atoms with E-state index in [-0.39, 0.29) is 0 Å². The molecule has 0 amide bonds. The van der Waals surface area contributed by atoms with Crippen LogP contribution in [0.2, 0.25) is 0 Å². The fourth-order valence-corrected chi connectivity index (χ4v) is 2.54. The highest BCUT2D eigenvalue weighted by Gasteiger charge is 2.13. The molecule has 2 heteroatoms. The molecule has 2 atom stereocenters. The highest BCUT2D eigenvalue weighted by atomic mass is 16.5. The van der Waals surface area contributed by atoms with Gasteiger partial charge in [0.15, 0.2) is 0 Å². The first-order valence-corrected chi connectivity index (χ1v) is 7.60. The second kappa shape index (κ2) is 7.28. The van der Waals surface area contributed by atoms with Gasteiger partial charge in [0.05, 0.1) is 7.11 Å². The molecule has 0 heterocycles. The summed E-state index contributed by atoms with van der Waals surface area (Å²) in [7, 11) is 1.70. The van der Waals surface area contributed by atoms with E-state index in [1.807, 2.05) is 12.1 Å². The molecule has 0 aliphatic heterocycles. The number of rotatable bonds is 6. The lowest BCUT2D eigenvalue weighted by molar-refractivity contribution is 0.413. The number of aryl methyl sites for hydroxylation is 1. The lowest BCUT2D eigenvalue weighted by Crippen LogP contribution is -2.24. The molecule has 112 valence electrons. The first kappa shape index (κ1) is 15.6. The number of nitrogens with one attached hydrogen (secondary N) is 1. The van der Waals surface area contributed by atoms with E-state index in [1.165, 1.54) is 16.7 Å². The van der Waals surface area contributed by atoms with Gasteiger partial charge in [-0.2, -0.15) is 0 Å². The van der Waals surface area contributed by atoms with Crippen molar-refractivity contribution in [2.75, 3.05) is 7.11 Å². The van der Waals surface area contributed by atoms with E-state index in [0.717, 1.165) is 12.2 Å². The topological polar surface area (TPSA) is 21.3 Å². The summed E-state index contributed by atoms with van der Waals surface area (Å²) in [5.41, 5.74) is 3.93. The first-order valence-electron chi connectivity index (χ1n) is 7.60. The quantitative estimate of drug-likeness (QED) is 0.821. The smallest absolute Gasteiger partial charge is 0.118 e. The predicted octanol–water partition coefficient (Wildman–Crippen LogP) is 4.81. The van der Waals surface area contributed by atoms with Crippen LogP contribution in [0, 0.1) is 6.92 Å². The standard InChI is InChI=1S/C19H25NO/c1-5-19(17-10-12-18(21-4)13-11-17)20-15(3)16-8-6-14(2)7-9-16/h6-13,15,19-20H,5H2,1-4H3. The van der Waals surface area contributed by atoms with E-state index in [2.05, 4.69) is 62.5 Å². The van der Waals surface area contributed by atoms with Crippen LogP contribution in [-0.2, 0) is 0 Å². The molecule has 0 radical (unpaired) electrons. The van der Waals surface area contributed by atoms with Crippen molar-refractivity contribution in [2.45, 2.75) is 39.3 Å². The molecule has 1 N–H and O–H groups in total. The minimum atomic E-state index is 0.331. The number of hydrogen-bond donors (Lipinski definition) is 1. The van der Waals surface area contributed by atoms with Crippen LogP contribution in [0.3, 0.4) is 0 Å². The molecular formula is C19H25NO. The molecule has 0 fully saturated rings. The molecule has 2 nitrogen and oxygen atoms in total. The number of methoxy groups -OCH3 is 1. The van der Waals surface area contributed by atoms with Gasteiger partial charge in [0.1, 0.15) is 5.75 Å². The Morgan fingerprint density at radius 1 is 0.952 bits per heavy atom. The van der Waals surface area contributed by atoms with Crippen molar-refractivity contribution in [3.8, 4) is 5.75 Å². The summed E-state index contributed by atoms with van der Waals surface area (Å²) >= 11 is 0. The first-order chi connectivity index (χ1) is 10.1. The van der Waals surface area contributed by atoms with Crippen LogP contribution in [0.25, 0.3) is 0 Å². The SMILES string of the molecule is CCC(NC(C)c1ccc(C)cc1)c1ccc(OC)cc1. The van der Waals surface area contributed by atoms with Crippen LogP contribution in [-0.4, -0.2) is 7.11 Å². The van der Waals surface area contributed by atoms with Gasteiger partial charge < -0.3 is 10.1 Å². The van der Waals surface area contributed by atoms with E-state index in [0.29, 0.717) is 12.1 Å². The number of ether oxygens (including phenoxy) is 1. The van der Waals surface area contributed by atoms with Crippen molar-refractivity contribution in [2.24, 2.45) is 0 Å². The highest BCUT2D eigenvalue weighted by molar-refractivity contribution is 5.30. The second-order valence-corrected chi connectivity index (χ2v) is 5.53.